The molecule has 3 N–H and O–H groups in total. The maximum Gasteiger partial charge on any atom is 0.317 e. The van der Waals surface area contributed by atoms with Crippen LogP contribution in [0.2, 0.25) is 0 Å². The first-order valence-corrected chi connectivity index (χ1v) is 8.59. The number of carboxylic acids is 1. The number of carboxylic acid groups (broad SMARTS) is 1. The molecule has 2 rings (SSSR count). The summed E-state index contributed by atoms with van der Waals surface area (Å²) in [6, 6.07) is 0.763. The third-order valence-corrected chi connectivity index (χ3v) is 4.42. The molecule has 0 aromatic carbocycles. The second kappa shape index (κ2) is 9.70. The van der Waals surface area contributed by atoms with Gasteiger partial charge < -0.3 is 20.6 Å². The predicted molar refractivity (Wildman–Crippen MR) is 92.4 cm³/mol. The molecule has 2 aliphatic rings. The van der Waals surface area contributed by atoms with Crippen molar-refractivity contribution >= 4 is 5.97 Å². The van der Waals surface area contributed by atoms with E-state index >= 15 is 0 Å². The van der Waals surface area contributed by atoms with Crippen LogP contribution in [0, 0.1) is 0 Å². The lowest BCUT2D eigenvalue weighted by Crippen LogP contribution is -2.46. The average molecular weight is 322 g/mol. The molecule has 1 fully saturated rings. The number of likely N-dealkylation sites (N-methyl/N-ethyl adjacent to an activating group) is 1. The van der Waals surface area contributed by atoms with Gasteiger partial charge in [0.25, 0.3) is 0 Å². The predicted octanol–water partition coefficient (Wildman–Crippen LogP) is 0.489. The van der Waals surface area contributed by atoms with Gasteiger partial charge in [-0.25, -0.2) is 0 Å². The molecule has 0 amide bonds. The molecule has 0 spiro atoms. The minimum Gasteiger partial charge on any atom is -0.480 e. The summed E-state index contributed by atoms with van der Waals surface area (Å²) in [4.78, 5) is 15.4. The maximum atomic E-state index is 11.1. The van der Waals surface area contributed by atoms with Crippen molar-refractivity contribution in [1.29, 1.82) is 0 Å². The Morgan fingerprint density at radius 3 is 2.78 bits per heavy atom. The van der Waals surface area contributed by atoms with Gasteiger partial charge in [-0.1, -0.05) is 18.6 Å². The van der Waals surface area contributed by atoms with Crippen LogP contribution in [0.3, 0.4) is 0 Å². The lowest BCUT2D eigenvalue weighted by molar-refractivity contribution is -0.138. The van der Waals surface area contributed by atoms with Gasteiger partial charge in [-0.05, 0) is 38.7 Å². The van der Waals surface area contributed by atoms with Crippen LogP contribution < -0.4 is 10.6 Å². The molecule has 0 aromatic heterocycles. The molecule has 0 aliphatic carbocycles. The van der Waals surface area contributed by atoms with Gasteiger partial charge in [-0.15, -0.1) is 0 Å². The molecule has 0 aromatic rings. The lowest BCUT2D eigenvalue weighted by atomic mass is 10.0. The molecule has 1 saturated heterocycles. The van der Waals surface area contributed by atoms with Crippen molar-refractivity contribution in [3.8, 4) is 0 Å². The summed E-state index contributed by atoms with van der Waals surface area (Å²) in [6.07, 6.45) is 11.8. The van der Waals surface area contributed by atoms with E-state index in [4.69, 9.17) is 5.11 Å². The highest BCUT2D eigenvalue weighted by Crippen LogP contribution is 2.08. The minimum atomic E-state index is -0.767. The molecular weight excluding hydrogens is 292 g/mol. The molecule has 0 radical (unpaired) electrons. The molecule has 2 unspecified atom stereocenters. The average Bonchev–Trinajstić information content (AvgIpc) is 2.54. The number of allylic oxidation sites excluding steroid dienone is 2. The van der Waals surface area contributed by atoms with Crippen LogP contribution in [0.5, 0.6) is 0 Å². The van der Waals surface area contributed by atoms with E-state index in [2.05, 4.69) is 28.7 Å². The van der Waals surface area contributed by atoms with Crippen LogP contribution in [0.4, 0.5) is 0 Å². The summed E-state index contributed by atoms with van der Waals surface area (Å²) >= 11 is 0. The topological polar surface area (TPSA) is 67.8 Å². The SMILES string of the molecule is CN(CCN(CC(=O)O)CC1C=CC=CN1)CC1CCCCN1. The van der Waals surface area contributed by atoms with E-state index in [-0.39, 0.29) is 12.6 Å². The van der Waals surface area contributed by atoms with Gasteiger partial charge in [0.15, 0.2) is 0 Å². The number of hydrogen-bond acceptors (Lipinski definition) is 5. The van der Waals surface area contributed by atoms with Gasteiger partial charge in [-0.2, -0.15) is 0 Å². The first-order valence-electron chi connectivity index (χ1n) is 8.59. The Hall–Kier alpha value is -1.37. The van der Waals surface area contributed by atoms with E-state index in [0.29, 0.717) is 12.6 Å². The molecule has 2 atom stereocenters. The maximum absolute atomic E-state index is 11.1. The van der Waals surface area contributed by atoms with E-state index in [1.807, 2.05) is 23.3 Å². The van der Waals surface area contributed by atoms with Crippen molar-refractivity contribution in [1.82, 2.24) is 20.4 Å². The van der Waals surface area contributed by atoms with Crippen molar-refractivity contribution in [3.63, 3.8) is 0 Å². The molecule has 0 bridgehead atoms. The normalized spacial score (nSPS) is 24.1. The Morgan fingerprint density at radius 2 is 2.13 bits per heavy atom. The fourth-order valence-corrected chi connectivity index (χ4v) is 3.17. The van der Waals surface area contributed by atoms with Crippen LogP contribution in [0.15, 0.2) is 24.4 Å². The van der Waals surface area contributed by atoms with Crippen LogP contribution in [0.1, 0.15) is 19.3 Å². The first-order chi connectivity index (χ1) is 11.1. The zero-order valence-electron chi connectivity index (χ0n) is 14.1. The smallest absolute Gasteiger partial charge is 0.317 e. The lowest BCUT2D eigenvalue weighted by Gasteiger charge is -2.31. The third-order valence-electron chi connectivity index (χ3n) is 4.42. The summed E-state index contributed by atoms with van der Waals surface area (Å²) < 4.78 is 0. The number of dihydropyridines is 1. The van der Waals surface area contributed by atoms with E-state index in [1.54, 1.807) is 0 Å². The largest absolute Gasteiger partial charge is 0.480 e. The summed E-state index contributed by atoms with van der Waals surface area (Å²) in [5, 5.41) is 15.9. The van der Waals surface area contributed by atoms with Gasteiger partial charge in [0.05, 0.1) is 12.6 Å². The monoisotopic (exact) mass is 322 g/mol. The molecular formula is C17H30N4O2. The highest BCUT2D eigenvalue weighted by molar-refractivity contribution is 5.69. The molecule has 2 heterocycles. The van der Waals surface area contributed by atoms with Crippen molar-refractivity contribution < 1.29 is 9.90 Å². The van der Waals surface area contributed by atoms with Gasteiger partial charge >= 0.3 is 5.97 Å². The third kappa shape index (κ3) is 7.16. The zero-order valence-corrected chi connectivity index (χ0v) is 14.1. The Bertz CT molecular complexity index is 419. The second-order valence-electron chi connectivity index (χ2n) is 6.56. The number of piperidine rings is 1. The van der Waals surface area contributed by atoms with E-state index in [9.17, 15) is 4.79 Å². The van der Waals surface area contributed by atoms with Crippen LogP contribution in [-0.4, -0.2) is 79.3 Å². The molecule has 23 heavy (non-hydrogen) atoms. The number of nitrogens with zero attached hydrogens (tertiary/aromatic N) is 2. The van der Waals surface area contributed by atoms with Gasteiger partial charge in [0.1, 0.15) is 0 Å². The zero-order chi connectivity index (χ0) is 16.5. The number of hydrogen-bond donors (Lipinski definition) is 3. The van der Waals surface area contributed by atoms with Gasteiger partial charge in [-0.3, -0.25) is 9.69 Å². The summed E-state index contributed by atoms with van der Waals surface area (Å²) in [5.74, 6) is -0.767. The summed E-state index contributed by atoms with van der Waals surface area (Å²) in [6.45, 7) is 4.61. The molecule has 0 saturated carbocycles. The van der Waals surface area contributed by atoms with Crippen molar-refractivity contribution in [2.75, 3.05) is 46.3 Å². The first kappa shape index (κ1) is 18.0. The highest BCUT2D eigenvalue weighted by Gasteiger charge is 2.17. The number of aliphatic carboxylic acids is 1. The number of nitrogens with one attached hydrogen (secondary N) is 2. The molecule has 2 aliphatic heterocycles. The quantitative estimate of drug-likeness (QED) is 0.574. The Morgan fingerprint density at radius 1 is 1.26 bits per heavy atom. The highest BCUT2D eigenvalue weighted by atomic mass is 16.4. The molecule has 130 valence electrons. The van der Waals surface area contributed by atoms with Crippen molar-refractivity contribution in [2.24, 2.45) is 0 Å². The molecule has 6 heteroatoms. The fraction of sp³-hybridized carbons (Fsp3) is 0.706. The fourth-order valence-electron chi connectivity index (χ4n) is 3.17. The van der Waals surface area contributed by atoms with Crippen molar-refractivity contribution in [3.05, 3.63) is 24.4 Å². The van der Waals surface area contributed by atoms with Crippen LogP contribution in [-0.2, 0) is 4.79 Å². The standard InChI is InChI=1S/C17H30N4O2/c1-20(12-15-6-2-4-8-18-15)10-11-21(14-17(22)23)13-16-7-3-5-9-19-16/h3,5,7,9,15-16,18-19H,2,4,6,8,10-14H2,1H3,(H,22,23). The minimum absolute atomic E-state index is 0.0885. The van der Waals surface area contributed by atoms with E-state index < -0.39 is 5.97 Å². The number of rotatable bonds is 9. The van der Waals surface area contributed by atoms with Gasteiger partial charge in [0, 0.05) is 32.2 Å². The van der Waals surface area contributed by atoms with Crippen LogP contribution >= 0.6 is 0 Å². The van der Waals surface area contributed by atoms with Crippen LogP contribution in [0.25, 0.3) is 0 Å². The summed E-state index contributed by atoms with van der Waals surface area (Å²) in [5.41, 5.74) is 0. The van der Waals surface area contributed by atoms with Crippen molar-refractivity contribution in [2.45, 2.75) is 31.3 Å². The summed E-state index contributed by atoms with van der Waals surface area (Å²) in [7, 11) is 2.12. The molecule has 6 nitrogen and oxygen atoms in total. The van der Waals surface area contributed by atoms with E-state index in [1.165, 1.54) is 19.3 Å². The second-order valence-corrected chi connectivity index (χ2v) is 6.56. The number of carbonyl (C=O) groups is 1. The van der Waals surface area contributed by atoms with Gasteiger partial charge in [0.2, 0.25) is 0 Å². The Balaban J connectivity index is 1.73. The Labute approximate surface area is 139 Å². The van der Waals surface area contributed by atoms with E-state index in [0.717, 1.165) is 26.2 Å². The Kier molecular flexibility index (Phi) is 7.58.